The summed E-state index contributed by atoms with van der Waals surface area (Å²) in [4.78, 5) is 22.2. The largest absolute Gasteiger partial charge is 0.485 e. The fourth-order valence-electron chi connectivity index (χ4n) is 5.25. The van der Waals surface area contributed by atoms with E-state index in [2.05, 4.69) is 9.88 Å². The fourth-order valence-corrected chi connectivity index (χ4v) is 5.88. The van der Waals surface area contributed by atoms with Crippen molar-refractivity contribution in [2.45, 2.75) is 43.2 Å². The van der Waals surface area contributed by atoms with E-state index in [1.54, 1.807) is 30.5 Å². The van der Waals surface area contributed by atoms with Crippen molar-refractivity contribution < 1.29 is 17.9 Å². The van der Waals surface area contributed by atoms with E-state index < -0.39 is 9.84 Å². The van der Waals surface area contributed by atoms with Crippen molar-refractivity contribution >= 4 is 21.6 Å². The molecule has 3 heterocycles. The van der Waals surface area contributed by atoms with Gasteiger partial charge in [0.1, 0.15) is 6.61 Å². The van der Waals surface area contributed by atoms with Crippen LogP contribution in [0.5, 0.6) is 5.75 Å². The van der Waals surface area contributed by atoms with Gasteiger partial charge in [0.05, 0.1) is 4.90 Å². The summed E-state index contributed by atoms with van der Waals surface area (Å²) in [6.07, 6.45) is 7.55. The third kappa shape index (κ3) is 6.00. The molecule has 8 nitrogen and oxygen atoms in total. The molecule has 0 aliphatic carbocycles. The van der Waals surface area contributed by atoms with E-state index in [1.807, 2.05) is 35.2 Å². The quantitative estimate of drug-likeness (QED) is 0.488. The summed E-state index contributed by atoms with van der Waals surface area (Å²) >= 11 is 0. The topological polar surface area (TPSA) is 106 Å². The predicted octanol–water partition coefficient (Wildman–Crippen LogP) is 4.01. The van der Waals surface area contributed by atoms with E-state index in [1.165, 1.54) is 32.2 Å². The van der Waals surface area contributed by atoms with Gasteiger partial charge in [-0.1, -0.05) is 24.3 Å². The minimum absolute atomic E-state index is 0.0813. The number of aromatic nitrogens is 1. The molecule has 38 heavy (non-hydrogen) atoms. The van der Waals surface area contributed by atoms with Gasteiger partial charge in [0.2, 0.25) is 0 Å². The van der Waals surface area contributed by atoms with E-state index in [0.29, 0.717) is 17.4 Å². The van der Waals surface area contributed by atoms with Crippen molar-refractivity contribution in [3.8, 4) is 16.9 Å². The van der Waals surface area contributed by atoms with Gasteiger partial charge in [0.25, 0.3) is 5.91 Å². The van der Waals surface area contributed by atoms with Crippen LogP contribution >= 0.6 is 0 Å². The number of rotatable bonds is 7. The number of hydrogen-bond acceptors (Lipinski definition) is 7. The molecule has 0 bridgehead atoms. The van der Waals surface area contributed by atoms with E-state index >= 15 is 0 Å². The molecule has 0 unspecified atom stereocenters. The number of anilines is 1. The number of sulfone groups is 1. The van der Waals surface area contributed by atoms with Gasteiger partial charge in [-0.2, -0.15) is 0 Å². The molecule has 0 radical (unpaired) electrons. The maximum absolute atomic E-state index is 13.1. The van der Waals surface area contributed by atoms with E-state index in [-0.39, 0.29) is 23.2 Å². The van der Waals surface area contributed by atoms with Gasteiger partial charge in [-0.25, -0.2) is 13.4 Å². The van der Waals surface area contributed by atoms with Crippen molar-refractivity contribution in [1.82, 2.24) is 14.8 Å². The third-order valence-corrected chi connectivity index (χ3v) is 8.63. The molecule has 1 aromatic heterocycles. The second-order valence-corrected chi connectivity index (χ2v) is 12.2. The molecule has 5 rings (SSSR count). The first-order valence-electron chi connectivity index (χ1n) is 13.1. The highest BCUT2D eigenvalue weighted by molar-refractivity contribution is 7.90. The lowest BCUT2D eigenvalue weighted by Gasteiger charge is -2.36. The molecule has 9 heteroatoms. The molecule has 2 aromatic carbocycles. The lowest BCUT2D eigenvalue weighted by Crippen LogP contribution is -2.45. The van der Waals surface area contributed by atoms with Crippen molar-refractivity contribution in [1.29, 1.82) is 0 Å². The zero-order chi connectivity index (χ0) is 26.7. The summed E-state index contributed by atoms with van der Waals surface area (Å²) in [7, 11) is -3.25. The van der Waals surface area contributed by atoms with Crippen LogP contribution in [0.2, 0.25) is 0 Å². The van der Waals surface area contributed by atoms with Gasteiger partial charge >= 0.3 is 0 Å². The zero-order valence-electron chi connectivity index (χ0n) is 21.7. The highest BCUT2D eigenvalue weighted by Gasteiger charge is 2.28. The molecule has 2 N–H and O–H groups in total. The van der Waals surface area contributed by atoms with Crippen molar-refractivity contribution in [3.63, 3.8) is 0 Å². The van der Waals surface area contributed by atoms with Gasteiger partial charge in [-0.05, 0) is 80.2 Å². The van der Waals surface area contributed by atoms with Crippen LogP contribution in [0.1, 0.15) is 41.6 Å². The lowest BCUT2D eigenvalue weighted by atomic mass is 10.0. The normalized spacial score (nSPS) is 17.0. The van der Waals surface area contributed by atoms with Crippen LogP contribution in [0, 0.1) is 0 Å². The molecular weight excluding hydrogens is 500 g/mol. The highest BCUT2D eigenvalue weighted by atomic mass is 32.2. The Labute approximate surface area is 224 Å². The predicted molar refractivity (Wildman–Crippen MR) is 148 cm³/mol. The summed E-state index contributed by atoms with van der Waals surface area (Å²) in [5, 5.41) is 0. The standard InChI is InChI=1S/C29H34N4O4S/c1-38(35,36)26-10-4-21(5-11-26)20-37-27-18-24(19-31-28(27)30)22-6-8-23(9-7-22)29(34)33-16-12-25(13-17-33)32-14-2-3-15-32/h4-11,18-19,25H,2-3,12-17,20H2,1H3,(H2,30,31). The molecule has 0 atom stereocenters. The Kier molecular flexibility index (Phi) is 7.67. The lowest BCUT2D eigenvalue weighted by molar-refractivity contribution is 0.0644. The smallest absolute Gasteiger partial charge is 0.253 e. The molecular formula is C29H34N4O4S. The number of ether oxygens (including phenoxy) is 1. The maximum atomic E-state index is 13.1. The monoisotopic (exact) mass is 534 g/mol. The van der Waals surface area contributed by atoms with Crippen molar-refractivity contribution in [3.05, 3.63) is 71.9 Å². The van der Waals surface area contributed by atoms with Gasteiger partial charge in [-0.15, -0.1) is 0 Å². The average Bonchev–Trinajstić information content (AvgIpc) is 3.47. The Morgan fingerprint density at radius 2 is 1.63 bits per heavy atom. The Morgan fingerprint density at radius 1 is 0.974 bits per heavy atom. The van der Waals surface area contributed by atoms with E-state index in [0.717, 1.165) is 42.6 Å². The van der Waals surface area contributed by atoms with Crippen LogP contribution in [0.4, 0.5) is 5.82 Å². The molecule has 0 saturated carbocycles. The van der Waals surface area contributed by atoms with Gasteiger partial charge < -0.3 is 20.3 Å². The number of benzene rings is 2. The maximum Gasteiger partial charge on any atom is 0.253 e. The molecule has 2 saturated heterocycles. The number of nitrogens with two attached hydrogens (primary N) is 1. The first-order valence-corrected chi connectivity index (χ1v) is 15.0. The second-order valence-electron chi connectivity index (χ2n) is 10.2. The minimum Gasteiger partial charge on any atom is -0.485 e. The number of pyridine rings is 1. The Hall–Kier alpha value is -3.43. The fraction of sp³-hybridized carbons (Fsp3) is 0.379. The Bertz CT molecular complexity index is 1380. The third-order valence-electron chi connectivity index (χ3n) is 7.50. The summed E-state index contributed by atoms with van der Waals surface area (Å²) in [5.41, 5.74) is 9.27. The van der Waals surface area contributed by atoms with Gasteiger partial charge in [0.15, 0.2) is 21.4 Å². The van der Waals surface area contributed by atoms with E-state index in [9.17, 15) is 13.2 Å². The molecule has 2 aliphatic rings. The number of nitrogens with zero attached hydrogens (tertiary/aromatic N) is 3. The van der Waals surface area contributed by atoms with Crippen LogP contribution in [-0.4, -0.2) is 67.6 Å². The number of amides is 1. The van der Waals surface area contributed by atoms with Crippen molar-refractivity contribution in [2.24, 2.45) is 0 Å². The van der Waals surface area contributed by atoms with Gasteiger partial charge in [-0.3, -0.25) is 4.79 Å². The van der Waals surface area contributed by atoms with Gasteiger partial charge in [0, 0.05) is 42.7 Å². The van der Waals surface area contributed by atoms with Crippen LogP contribution in [0.15, 0.2) is 65.7 Å². The summed E-state index contributed by atoms with van der Waals surface area (Å²) in [6.45, 7) is 4.24. The number of piperidine rings is 1. The molecule has 3 aromatic rings. The van der Waals surface area contributed by atoms with Crippen molar-refractivity contribution in [2.75, 3.05) is 38.2 Å². The van der Waals surface area contributed by atoms with Crippen LogP contribution in [0.25, 0.3) is 11.1 Å². The number of hydrogen-bond donors (Lipinski definition) is 1. The molecule has 2 fully saturated rings. The number of nitrogen functional groups attached to an aromatic ring is 1. The van der Waals surface area contributed by atoms with E-state index in [4.69, 9.17) is 10.5 Å². The first kappa shape index (κ1) is 26.2. The Morgan fingerprint density at radius 3 is 2.26 bits per heavy atom. The highest BCUT2D eigenvalue weighted by Crippen LogP contribution is 2.29. The molecule has 0 spiro atoms. The zero-order valence-corrected chi connectivity index (χ0v) is 22.5. The SMILES string of the molecule is CS(=O)(=O)c1ccc(COc2cc(-c3ccc(C(=O)N4CCC(N5CCCC5)CC4)cc3)cnc2N)cc1. The van der Waals surface area contributed by atoms with Crippen LogP contribution in [0.3, 0.4) is 0 Å². The summed E-state index contributed by atoms with van der Waals surface area (Å²) in [6, 6.07) is 16.6. The first-order chi connectivity index (χ1) is 18.3. The number of carbonyl (C=O) groups is 1. The molecule has 200 valence electrons. The molecule has 1 amide bonds. The Balaban J connectivity index is 1.21. The summed E-state index contributed by atoms with van der Waals surface area (Å²) < 4.78 is 29.2. The number of carbonyl (C=O) groups excluding carboxylic acids is 1. The second kappa shape index (κ2) is 11.1. The van der Waals surface area contributed by atoms with Crippen LogP contribution < -0.4 is 10.5 Å². The number of likely N-dealkylation sites (tertiary alicyclic amines) is 2. The molecule has 2 aliphatic heterocycles. The minimum atomic E-state index is -3.25. The summed E-state index contributed by atoms with van der Waals surface area (Å²) in [5.74, 6) is 0.791. The van der Waals surface area contributed by atoms with Crippen LogP contribution in [-0.2, 0) is 16.4 Å². The average molecular weight is 535 g/mol.